The summed E-state index contributed by atoms with van der Waals surface area (Å²) in [5.41, 5.74) is 2.29. The van der Waals surface area contributed by atoms with Crippen molar-refractivity contribution in [1.82, 2.24) is 10.3 Å². The van der Waals surface area contributed by atoms with E-state index in [1.54, 1.807) is 30.5 Å². The van der Waals surface area contributed by atoms with Gasteiger partial charge in [0.1, 0.15) is 0 Å². The first-order valence-corrected chi connectivity index (χ1v) is 10.3. The summed E-state index contributed by atoms with van der Waals surface area (Å²) in [6.07, 6.45) is 1.66. The Morgan fingerprint density at radius 2 is 1.86 bits per heavy atom. The Kier molecular flexibility index (Phi) is 5.96. The highest BCUT2D eigenvalue weighted by Crippen LogP contribution is 2.20. The zero-order chi connectivity index (χ0) is 20.1. The summed E-state index contributed by atoms with van der Waals surface area (Å²) in [7, 11) is -3.86. The van der Waals surface area contributed by atoms with Gasteiger partial charge in [-0.25, -0.2) is 8.42 Å². The van der Waals surface area contributed by atoms with Gasteiger partial charge in [-0.15, -0.1) is 0 Å². The van der Waals surface area contributed by atoms with Crippen LogP contribution >= 0.6 is 11.6 Å². The molecule has 0 atom stereocenters. The van der Waals surface area contributed by atoms with E-state index in [1.165, 1.54) is 24.3 Å². The fourth-order valence-electron chi connectivity index (χ4n) is 2.54. The number of pyridine rings is 1. The average molecular weight is 416 g/mol. The molecule has 1 amide bonds. The van der Waals surface area contributed by atoms with Crippen molar-refractivity contribution in [3.05, 3.63) is 88.7 Å². The zero-order valence-electron chi connectivity index (χ0n) is 15.0. The molecule has 0 unspecified atom stereocenters. The number of sulfonamides is 1. The molecule has 3 aromatic rings. The summed E-state index contributed by atoms with van der Waals surface area (Å²) in [5, 5.41) is 3.17. The number of anilines is 1. The van der Waals surface area contributed by atoms with E-state index in [0.717, 1.165) is 11.3 Å². The molecule has 0 aliphatic rings. The summed E-state index contributed by atoms with van der Waals surface area (Å²) in [4.78, 5) is 16.6. The number of nitrogens with zero attached hydrogens (tertiary/aromatic N) is 1. The van der Waals surface area contributed by atoms with Crippen LogP contribution in [-0.2, 0) is 16.6 Å². The monoisotopic (exact) mass is 415 g/mol. The lowest BCUT2D eigenvalue weighted by Gasteiger charge is -2.10. The van der Waals surface area contributed by atoms with Crippen molar-refractivity contribution < 1.29 is 13.2 Å². The van der Waals surface area contributed by atoms with Crippen LogP contribution in [0.15, 0.2) is 71.8 Å². The van der Waals surface area contributed by atoms with Gasteiger partial charge in [-0.05, 0) is 55.0 Å². The summed E-state index contributed by atoms with van der Waals surface area (Å²) in [5.74, 6) is -0.384. The molecule has 0 spiro atoms. The van der Waals surface area contributed by atoms with Crippen LogP contribution in [0.3, 0.4) is 0 Å². The molecule has 6 nitrogen and oxygen atoms in total. The lowest BCUT2D eigenvalue weighted by molar-refractivity contribution is 0.0950. The first kappa shape index (κ1) is 19.9. The number of carbonyl (C=O) groups is 1. The number of aromatic nitrogens is 1. The highest BCUT2D eigenvalue weighted by atomic mass is 35.5. The molecular formula is C20H18ClN3O3S. The molecule has 28 heavy (non-hydrogen) atoms. The lowest BCUT2D eigenvalue weighted by atomic mass is 10.2. The van der Waals surface area contributed by atoms with Crippen LogP contribution in [0.4, 0.5) is 5.69 Å². The molecule has 1 aromatic heterocycles. The molecule has 144 valence electrons. The molecule has 3 rings (SSSR count). The summed E-state index contributed by atoms with van der Waals surface area (Å²) < 4.78 is 27.7. The van der Waals surface area contributed by atoms with E-state index in [4.69, 9.17) is 11.6 Å². The summed E-state index contributed by atoms with van der Waals surface area (Å²) in [6, 6.07) is 15.9. The lowest BCUT2D eigenvalue weighted by Crippen LogP contribution is -2.24. The number of rotatable bonds is 6. The van der Waals surface area contributed by atoms with E-state index in [2.05, 4.69) is 15.0 Å². The second-order valence-corrected chi connectivity index (χ2v) is 8.21. The van der Waals surface area contributed by atoms with Crippen molar-refractivity contribution in [2.24, 2.45) is 0 Å². The van der Waals surface area contributed by atoms with Crippen LogP contribution in [0.2, 0.25) is 5.02 Å². The third kappa shape index (κ3) is 4.88. The van der Waals surface area contributed by atoms with Crippen LogP contribution in [0.1, 0.15) is 21.6 Å². The Morgan fingerprint density at radius 3 is 2.61 bits per heavy atom. The number of benzene rings is 2. The van der Waals surface area contributed by atoms with Crippen LogP contribution < -0.4 is 10.0 Å². The molecule has 0 saturated carbocycles. The Hall–Kier alpha value is -2.90. The largest absolute Gasteiger partial charge is 0.346 e. The average Bonchev–Trinajstić information content (AvgIpc) is 2.67. The Bertz CT molecular complexity index is 1120. The Balaban J connectivity index is 1.75. The number of hydrogen-bond acceptors (Lipinski definition) is 4. The van der Waals surface area contributed by atoms with Gasteiger partial charge in [0, 0.05) is 16.8 Å². The maximum Gasteiger partial charge on any atom is 0.261 e. The predicted octanol–water partition coefficient (Wildman–Crippen LogP) is 3.77. The number of halogens is 1. The fourth-order valence-corrected chi connectivity index (χ4v) is 3.83. The summed E-state index contributed by atoms with van der Waals surface area (Å²) in [6.45, 7) is 2.16. The molecule has 0 saturated heterocycles. The topological polar surface area (TPSA) is 88.2 Å². The van der Waals surface area contributed by atoms with Gasteiger partial charge in [0.15, 0.2) is 0 Å². The standard InChI is InChI=1S/C20H18ClN3O3S/c1-14-5-4-10-22-19(14)13-23-20(25)15-6-2-9-18(11-15)28(26,27)24-17-8-3-7-16(21)12-17/h2-12,24H,13H2,1H3,(H,23,25). The minimum absolute atomic E-state index is 0.0193. The van der Waals surface area contributed by atoms with Crippen molar-refractivity contribution in [3.8, 4) is 0 Å². The molecule has 2 aromatic carbocycles. The molecule has 2 N–H and O–H groups in total. The second kappa shape index (κ2) is 8.41. The molecule has 1 heterocycles. The highest BCUT2D eigenvalue weighted by Gasteiger charge is 2.17. The molecule has 0 aliphatic heterocycles. The molecule has 0 bridgehead atoms. The third-order valence-corrected chi connectivity index (χ3v) is 5.63. The number of aryl methyl sites for hydroxylation is 1. The van der Waals surface area contributed by atoms with Crippen molar-refractivity contribution in [1.29, 1.82) is 0 Å². The van der Waals surface area contributed by atoms with Gasteiger partial charge in [0.25, 0.3) is 15.9 Å². The Labute approximate surface area is 168 Å². The van der Waals surface area contributed by atoms with Gasteiger partial charge < -0.3 is 5.32 Å². The second-order valence-electron chi connectivity index (χ2n) is 6.09. The molecule has 0 radical (unpaired) electrons. The van der Waals surface area contributed by atoms with E-state index in [1.807, 2.05) is 19.1 Å². The molecule has 8 heteroatoms. The number of amides is 1. The smallest absolute Gasteiger partial charge is 0.261 e. The van der Waals surface area contributed by atoms with Gasteiger partial charge >= 0.3 is 0 Å². The number of carbonyl (C=O) groups excluding carboxylic acids is 1. The maximum atomic E-state index is 12.6. The van der Waals surface area contributed by atoms with Crippen molar-refractivity contribution in [2.45, 2.75) is 18.4 Å². The van der Waals surface area contributed by atoms with Crippen molar-refractivity contribution in [3.63, 3.8) is 0 Å². The van der Waals surface area contributed by atoms with Gasteiger partial charge in [0.05, 0.1) is 22.8 Å². The van der Waals surface area contributed by atoms with E-state index in [9.17, 15) is 13.2 Å². The minimum atomic E-state index is -3.86. The van der Waals surface area contributed by atoms with E-state index in [-0.39, 0.29) is 22.9 Å². The van der Waals surface area contributed by atoms with Crippen LogP contribution in [0.5, 0.6) is 0 Å². The van der Waals surface area contributed by atoms with Crippen molar-refractivity contribution >= 4 is 33.2 Å². The number of hydrogen-bond donors (Lipinski definition) is 2. The maximum absolute atomic E-state index is 12.6. The molecular weight excluding hydrogens is 398 g/mol. The fraction of sp³-hybridized carbons (Fsp3) is 0.100. The van der Waals surface area contributed by atoms with Crippen molar-refractivity contribution in [2.75, 3.05) is 4.72 Å². The van der Waals surface area contributed by atoms with Crippen LogP contribution in [0, 0.1) is 6.92 Å². The number of nitrogens with one attached hydrogen (secondary N) is 2. The van der Waals surface area contributed by atoms with Gasteiger partial charge in [0.2, 0.25) is 0 Å². The highest BCUT2D eigenvalue weighted by molar-refractivity contribution is 7.92. The minimum Gasteiger partial charge on any atom is -0.346 e. The first-order valence-electron chi connectivity index (χ1n) is 8.42. The third-order valence-electron chi connectivity index (χ3n) is 4.02. The normalized spacial score (nSPS) is 11.1. The molecule has 0 aliphatic carbocycles. The Morgan fingerprint density at radius 1 is 1.07 bits per heavy atom. The predicted molar refractivity (Wildman–Crippen MR) is 109 cm³/mol. The van der Waals surface area contributed by atoms with Crippen LogP contribution in [-0.4, -0.2) is 19.3 Å². The molecule has 0 fully saturated rings. The first-order chi connectivity index (χ1) is 13.3. The van der Waals surface area contributed by atoms with Crippen LogP contribution in [0.25, 0.3) is 0 Å². The van der Waals surface area contributed by atoms with E-state index in [0.29, 0.717) is 10.7 Å². The van der Waals surface area contributed by atoms with Gasteiger partial charge in [-0.2, -0.15) is 0 Å². The zero-order valence-corrected chi connectivity index (χ0v) is 16.6. The SMILES string of the molecule is Cc1cccnc1CNC(=O)c1cccc(S(=O)(=O)Nc2cccc(Cl)c2)c1. The summed E-state index contributed by atoms with van der Waals surface area (Å²) >= 11 is 5.89. The van der Waals surface area contributed by atoms with Gasteiger partial charge in [-0.3, -0.25) is 14.5 Å². The quantitative estimate of drug-likeness (QED) is 0.641. The van der Waals surface area contributed by atoms with E-state index >= 15 is 0 Å². The van der Waals surface area contributed by atoms with Gasteiger partial charge in [-0.1, -0.05) is 29.8 Å². The van der Waals surface area contributed by atoms with E-state index < -0.39 is 10.0 Å².